The molecule has 37 heavy (non-hydrogen) atoms. The Bertz CT molecular complexity index is 1130. The van der Waals surface area contributed by atoms with Gasteiger partial charge in [-0.3, -0.25) is 4.90 Å². The topological polar surface area (TPSA) is 38.8 Å². The third-order valence-corrected chi connectivity index (χ3v) is 7.00. The van der Waals surface area contributed by atoms with E-state index in [4.69, 9.17) is 9.47 Å². The minimum Gasteiger partial charge on any atom is -0.458 e. The lowest BCUT2D eigenvalue weighted by Crippen LogP contribution is -2.50. The van der Waals surface area contributed by atoms with Crippen molar-refractivity contribution in [2.75, 3.05) is 20.2 Å². The van der Waals surface area contributed by atoms with Crippen molar-refractivity contribution in [2.24, 2.45) is 5.92 Å². The van der Waals surface area contributed by atoms with Crippen LogP contribution in [0.1, 0.15) is 29.5 Å². The van der Waals surface area contributed by atoms with E-state index in [1.165, 1.54) is 12.1 Å². The zero-order valence-corrected chi connectivity index (χ0v) is 20.9. The van der Waals surface area contributed by atoms with Crippen molar-refractivity contribution in [1.29, 1.82) is 0 Å². The molecule has 0 unspecified atom stereocenters. The van der Waals surface area contributed by atoms with E-state index >= 15 is 0 Å². The van der Waals surface area contributed by atoms with E-state index in [0.29, 0.717) is 19.5 Å². The molecule has 1 heterocycles. The zero-order valence-electron chi connectivity index (χ0n) is 20.9. The molecule has 1 aliphatic heterocycles. The Morgan fingerprint density at radius 2 is 1.46 bits per heavy atom. The van der Waals surface area contributed by atoms with E-state index < -0.39 is 30.3 Å². The van der Waals surface area contributed by atoms with E-state index in [2.05, 4.69) is 4.90 Å². The van der Waals surface area contributed by atoms with Crippen molar-refractivity contribution in [1.82, 2.24) is 4.90 Å². The van der Waals surface area contributed by atoms with E-state index in [9.17, 15) is 18.0 Å². The van der Waals surface area contributed by atoms with E-state index in [0.717, 1.165) is 31.2 Å². The van der Waals surface area contributed by atoms with Gasteiger partial charge in [0, 0.05) is 26.1 Å². The van der Waals surface area contributed by atoms with Gasteiger partial charge in [0.05, 0.1) is 6.42 Å². The van der Waals surface area contributed by atoms with Crippen molar-refractivity contribution in [3.05, 3.63) is 108 Å². The normalized spacial score (nSPS) is 20.2. The van der Waals surface area contributed by atoms with Crippen LogP contribution in [-0.2, 0) is 32.8 Å². The first-order chi connectivity index (χ1) is 17.8. The monoisotopic (exact) mass is 511 g/mol. The number of benzene rings is 3. The van der Waals surface area contributed by atoms with Crippen molar-refractivity contribution in [3.8, 4) is 0 Å². The summed E-state index contributed by atoms with van der Waals surface area (Å²) in [5, 5.41) is 0. The van der Waals surface area contributed by atoms with Crippen LogP contribution in [0.5, 0.6) is 0 Å². The highest BCUT2D eigenvalue weighted by atomic mass is 19.4. The quantitative estimate of drug-likeness (QED) is 0.323. The van der Waals surface area contributed by atoms with Crippen molar-refractivity contribution in [2.45, 2.75) is 43.7 Å². The Hall–Kier alpha value is -3.16. The Morgan fingerprint density at radius 3 is 2.03 bits per heavy atom. The summed E-state index contributed by atoms with van der Waals surface area (Å²) in [5.41, 5.74) is 0.0675. The van der Waals surface area contributed by atoms with Crippen LogP contribution in [0.3, 0.4) is 0 Å². The minimum atomic E-state index is -4.64. The summed E-state index contributed by atoms with van der Waals surface area (Å²) in [4.78, 5) is 15.8. The number of piperidine rings is 1. The highest BCUT2D eigenvalue weighted by Crippen LogP contribution is 2.39. The second kappa shape index (κ2) is 11.9. The molecular formula is C30H32F3NO3. The van der Waals surface area contributed by atoms with Gasteiger partial charge in [-0.2, -0.15) is 13.2 Å². The van der Waals surface area contributed by atoms with Crippen LogP contribution in [-0.4, -0.2) is 43.3 Å². The molecular weight excluding hydrogens is 479 g/mol. The number of likely N-dealkylation sites (tertiary alicyclic amines) is 1. The third kappa shape index (κ3) is 6.99. The molecule has 0 saturated carbocycles. The van der Waals surface area contributed by atoms with Crippen LogP contribution >= 0.6 is 0 Å². The summed E-state index contributed by atoms with van der Waals surface area (Å²) in [6.45, 7) is 1.90. The Kier molecular flexibility index (Phi) is 8.67. The summed E-state index contributed by atoms with van der Waals surface area (Å²) in [7, 11) is 1.13. The van der Waals surface area contributed by atoms with Gasteiger partial charge in [0.25, 0.3) is 0 Å². The maximum atomic E-state index is 13.7. The lowest BCUT2D eigenvalue weighted by atomic mass is 9.86. The molecule has 1 aliphatic rings. The second-order valence-corrected chi connectivity index (χ2v) is 9.59. The van der Waals surface area contributed by atoms with Crippen LogP contribution in [0.2, 0.25) is 0 Å². The molecule has 3 aromatic rings. The van der Waals surface area contributed by atoms with Crippen LogP contribution < -0.4 is 0 Å². The van der Waals surface area contributed by atoms with Crippen molar-refractivity contribution >= 4 is 5.97 Å². The summed E-state index contributed by atoms with van der Waals surface area (Å²) in [6.07, 6.45) is -5.27. The maximum Gasteiger partial charge on any atom is 0.392 e. The lowest BCUT2D eigenvalue weighted by molar-refractivity contribution is -0.213. The van der Waals surface area contributed by atoms with Gasteiger partial charge in [0.15, 0.2) is 5.60 Å². The van der Waals surface area contributed by atoms with Crippen LogP contribution in [0, 0.1) is 5.92 Å². The number of methoxy groups -OCH3 is 1. The van der Waals surface area contributed by atoms with Gasteiger partial charge in [-0.15, -0.1) is 0 Å². The largest absolute Gasteiger partial charge is 0.458 e. The first kappa shape index (κ1) is 26.9. The van der Waals surface area contributed by atoms with Gasteiger partial charge in [0.2, 0.25) is 0 Å². The fourth-order valence-corrected chi connectivity index (χ4v) is 5.09. The van der Waals surface area contributed by atoms with Crippen LogP contribution in [0.15, 0.2) is 91.0 Å². The highest BCUT2D eigenvalue weighted by Gasteiger charge is 2.52. The number of alkyl halides is 3. The maximum absolute atomic E-state index is 13.7. The third-order valence-electron chi connectivity index (χ3n) is 7.00. The van der Waals surface area contributed by atoms with Crippen LogP contribution in [0.4, 0.5) is 13.2 Å². The van der Waals surface area contributed by atoms with Crippen molar-refractivity contribution < 1.29 is 27.4 Å². The van der Waals surface area contributed by atoms with Crippen LogP contribution in [0.25, 0.3) is 0 Å². The molecule has 0 aliphatic carbocycles. The molecule has 196 valence electrons. The molecule has 7 heteroatoms. The van der Waals surface area contributed by atoms with Gasteiger partial charge >= 0.3 is 12.1 Å². The number of hydrogen-bond donors (Lipinski definition) is 0. The number of esters is 1. The number of ether oxygens (including phenoxy) is 2. The number of nitrogens with zero attached hydrogens (tertiary/aromatic N) is 1. The van der Waals surface area contributed by atoms with Gasteiger partial charge in [-0.25, -0.2) is 4.79 Å². The Balaban J connectivity index is 1.60. The average Bonchev–Trinajstić information content (AvgIpc) is 2.90. The standard InChI is InChI=1S/C30H32F3NO3/c1-36-29(22-30(31,32)33,26-15-9-4-10-16-26)28(35)37-27-21-34(20-24-13-7-3-8-14-24)18-17-25(27)19-23-11-5-2-6-12-23/h2-16,25,27H,17-22H2,1H3/t25-,27-,29-/m1/s1. The lowest BCUT2D eigenvalue weighted by Gasteiger charge is -2.40. The fourth-order valence-electron chi connectivity index (χ4n) is 5.09. The van der Waals surface area contributed by atoms with Crippen molar-refractivity contribution in [3.63, 3.8) is 0 Å². The Morgan fingerprint density at radius 1 is 0.892 bits per heavy atom. The van der Waals surface area contributed by atoms with Gasteiger partial charge in [-0.1, -0.05) is 91.0 Å². The number of hydrogen-bond acceptors (Lipinski definition) is 4. The van der Waals surface area contributed by atoms with Gasteiger partial charge in [-0.05, 0) is 36.1 Å². The van der Waals surface area contributed by atoms with E-state index in [-0.39, 0.29) is 11.5 Å². The molecule has 0 radical (unpaired) electrons. The summed E-state index contributed by atoms with van der Waals surface area (Å²) < 4.78 is 52.6. The number of carbonyl (C=O) groups excluding carboxylic acids is 1. The van der Waals surface area contributed by atoms with Gasteiger partial charge in [0.1, 0.15) is 6.10 Å². The fraction of sp³-hybridized carbons (Fsp3) is 0.367. The molecule has 0 aromatic heterocycles. The molecule has 0 amide bonds. The average molecular weight is 512 g/mol. The Labute approximate surface area is 216 Å². The minimum absolute atomic E-state index is 0.0328. The summed E-state index contributed by atoms with van der Waals surface area (Å²) in [5.74, 6) is -1.04. The predicted molar refractivity (Wildman–Crippen MR) is 136 cm³/mol. The zero-order chi connectivity index (χ0) is 26.3. The molecule has 1 saturated heterocycles. The molecule has 0 spiro atoms. The molecule has 0 bridgehead atoms. The molecule has 1 fully saturated rings. The summed E-state index contributed by atoms with van der Waals surface area (Å²) >= 11 is 0. The molecule has 4 nitrogen and oxygen atoms in total. The predicted octanol–water partition coefficient (Wildman–Crippen LogP) is 6.16. The number of halogens is 3. The number of rotatable bonds is 9. The molecule has 3 atom stereocenters. The first-order valence-electron chi connectivity index (χ1n) is 12.5. The molecule has 0 N–H and O–H groups in total. The molecule has 4 rings (SSSR count). The summed E-state index contributed by atoms with van der Waals surface area (Å²) in [6, 6.07) is 27.6. The smallest absolute Gasteiger partial charge is 0.392 e. The SMILES string of the molecule is CO[C@@](CC(F)(F)F)(C(=O)O[C@@H]1CN(Cc2ccccc2)CC[C@@H]1Cc1ccccc1)c1ccccc1. The van der Waals surface area contributed by atoms with E-state index in [1.807, 2.05) is 60.7 Å². The van der Waals surface area contributed by atoms with E-state index in [1.54, 1.807) is 18.2 Å². The first-order valence-corrected chi connectivity index (χ1v) is 12.5. The number of carbonyl (C=O) groups is 1. The second-order valence-electron chi connectivity index (χ2n) is 9.59. The highest BCUT2D eigenvalue weighted by molar-refractivity contribution is 5.81. The molecule has 3 aromatic carbocycles. The van der Waals surface area contributed by atoms with Gasteiger partial charge < -0.3 is 9.47 Å².